The van der Waals surface area contributed by atoms with Gasteiger partial charge in [0, 0.05) is 23.8 Å². The van der Waals surface area contributed by atoms with E-state index < -0.39 is 10.9 Å². The number of benzene rings is 3. The molecule has 8 nitrogen and oxygen atoms in total. The number of nitrogens with zero attached hydrogens (tertiary/aromatic N) is 1. The topological polar surface area (TPSA) is 105 Å². The molecule has 0 unspecified atom stereocenters. The van der Waals surface area contributed by atoms with Crippen molar-refractivity contribution in [3.8, 4) is 17.2 Å². The van der Waals surface area contributed by atoms with Crippen LogP contribution < -0.4 is 14.2 Å². The van der Waals surface area contributed by atoms with Crippen LogP contribution in [0.1, 0.15) is 26.3 Å². The minimum atomic E-state index is -0.677. The van der Waals surface area contributed by atoms with Gasteiger partial charge in [0.2, 0.25) is 0 Å². The number of nitro benzene ring substituents is 1. The fourth-order valence-electron chi connectivity index (χ4n) is 2.85. The third-order valence-electron chi connectivity index (χ3n) is 4.52. The van der Waals surface area contributed by atoms with Crippen molar-refractivity contribution in [1.82, 2.24) is 0 Å². The maximum Gasteiger partial charge on any atom is 0.343 e. The molecule has 162 valence electrons. The van der Waals surface area contributed by atoms with Crippen molar-refractivity contribution in [2.24, 2.45) is 0 Å². The number of non-ortho nitro benzene ring substituents is 1. The summed E-state index contributed by atoms with van der Waals surface area (Å²) in [5.41, 5.74) is 0.888. The Morgan fingerprint density at radius 1 is 0.906 bits per heavy atom. The average Bonchev–Trinajstić information content (AvgIpc) is 2.82. The number of ether oxygens (including phenoxy) is 3. The van der Waals surface area contributed by atoms with Gasteiger partial charge in [0.25, 0.3) is 5.69 Å². The van der Waals surface area contributed by atoms with Gasteiger partial charge in [-0.2, -0.15) is 0 Å². The van der Waals surface area contributed by atoms with Gasteiger partial charge in [-0.15, -0.1) is 0 Å². The summed E-state index contributed by atoms with van der Waals surface area (Å²) in [5, 5.41) is 10.8. The van der Waals surface area contributed by atoms with E-state index in [4.69, 9.17) is 14.2 Å². The summed E-state index contributed by atoms with van der Waals surface area (Å²) in [5.74, 6) is 0.189. The zero-order valence-corrected chi connectivity index (χ0v) is 17.3. The minimum absolute atomic E-state index is 0.127. The molecule has 0 radical (unpaired) electrons. The van der Waals surface area contributed by atoms with E-state index in [1.54, 1.807) is 42.5 Å². The number of esters is 1. The third-order valence-corrected chi connectivity index (χ3v) is 4.52. The molecule has 0 saturated carbocycles. The second kappa shape index (κ2) is 10.0. The van der Waals surface area contributed by atoms with Gasteiger partial charge in [-0.25, -0.2) is 4.79 Å². The van der Waals surface area contributed by atoms with E-state index in [1.165, 1.54) is 50.6 Å². The summed E-state index contributed by atoms with van der Waals surface area (Å²) in [7, 11) is 2.98. The first-order chi connectivity index (χ1) is 15.4. The Morgan fingerprint density at radius 3 is 2.28 bits per heavy atom. The Balaban J connectivity index is 1.79. The van der Waals surface area contributed by atoms with E-state index in [-0.39, 0.29) is 22.8 Å². The van der Waals surface area contributed by atoms with Crippen molar-refractivity contribution < 1.29 is 28.7 Å². The van der Waals surface area contributed by atoms with E-state index in [9.17, 15) is 19.7 Å². The first-order valence-electron chi connectivity index (χ1n) is 9.43. The van der Waals surface area contributed by atoms with Crippen molar-refractivity contribution in [1.29, 1.82) is 0 Å². The van der Waals surface area contributed by atoms with Gasteiger partial charge in [-0.05, 0) is 42.5 Å². The number of methoxy groups -OCH3 is 2. The zero-order chi connectivity index (χ0) is 23.1. The largest absolute Gasteiger partial charge is 0.497 e. The lowest BCUT2D eigenvalue weighted by atomic mass is 10.1. The molecule has 0 N–H and O–H groups in total. The van der Waals surface area contributed by atoms with Gasteiger partial charge in [0.05, 0.1) is 30.3 Å². The van der Waals surface area contributed by atoms with Crippen LogP contribution in [-0.2, 0) is 0 Å². The molecule has 0 aromatic heterocycles. The average molecular weight is 433 g/mol. The summed E-state index contributed by atoms with van der Waals surface area (Å²) in [6, 6.07) is 16.7. The molecule has 0 heterocycles. The second-order valence-electron chi connectivity index (χ2n) is 6.50. The number of carbonyl (C=O) groups is 2. The highest BCUT2D eigenvalue weighted by molar-refractivity contribution is 6.09. The quantitative estimate of drug-likeness (QED) is 0.126. The normalized spacial score (nSPS) is 10.6. The summed E-state index contributed by atoms with van der Waals surface area (Å²) in [6.07, 6.45) is 2.88. The lowest BCUT2D eigenvalue weighted by Gasteiger charge is -2.09. The standard InChI is InChI=1S/C24H19NO7/c1-30-19-12-13-20(23(15-19)31-2)21(26)14-9-16-5-3-4-6-22(16)32-24(27)17-7-10-18(11-8-17)25(28)29/h3-15H,1-2H3/b14-9+. The number of hydrogen-bond acceptors (Lipinski definition) is 7. The van der Waals surface area contributed by atoms with Gasteiger partial charge in [-0.1, -0.05) is 18.2 Å². The predicted octanol–water partition coefficient (Wildman–Crippen LogP) is 4.73. The molecule has 3 aromatic carbocycles. The smallest absolute Gasteiger partial charge is 0.343 e. The Hall–Kier alpha value is -4.46. The highest BCUT2D eigenvalue weighted by Crippen LogP contribution is 2.26. The SMILES string of the molecule is COc1ccc(C(=O)/C=C/c2ccccc2OC(=O)c2ccc([N+](=O)[O-])cc2)c(OC)c1. The molecule has 0 saturated heterocycles. The lowest BCUT2D eigenvalue weighted by molar-refractivity contribution is -0.384. The van der Waals surface area contributed by atoms with Crippen molar-refractivity contribution in [3.63, 3.8) is 0 Å². The van der Waals surface area contributed by atoms with Gasteiger partial charge >= 0.3 is 5.97 Å². The van der Waals surface area contributed by atoms with Gasteiger partial charge in [0.15, 0.2) is 5.78 Å². The fourth-order valence-corrected chi connectivity index (χ4v) is 2.85. The first-order valence-corrected chi connectivity index (χ1v) is 9.43. The number of carbonyl (C=O) groups excluding carboxylic acids is 2. The number of allylic oxidation sites excluding steroid dienone is 1. The molecular weight excluding hydrogens is 414 g/mol. The molecule has 3 rings (SSSR count). The van der Waals surface area contributed by atoms with Crippen LogP contribution in [0.3, 0.4) is 0 Å². The lowest BCUT2D eigenvalue weighted by Crippen LogP contribution is -2.09. The van der Waals surface area contributed by atoms with Crippen molar-refractivity contribution in [2.45, 2.75) is 0 Å². The predicted molar refractivity (Wildman–Crippen MR) is 117 cm³/mol. The maximum atomic E-state index is 12.7. The molecule has 0 aliphatic heterocycles. The fraction of sp³-hybridized carbons (Fsp3) is 0.0833. The Bertz CT molecular complexity index is 1180. The second-order valence-corrected chi connectivity index (χ2v) is 6.50. The molecular formula is C24H19NO7. The third kappa shape index (κ3) is 5.17. The van der Waals surface area contributed by atoms with Gasteiger partial charge in [0.1, 0.15) is 17.2 Å². The maximum absolute atomic E-state index is 12.7. The monoisotopic (exact) mass is 433 g/mol. The van der Waals surface area contributed by atoms with Crippen LogP contribution in [-0.4, -0.2) is 30.9 Å². The summed E-state index contributed by atoms with van der Waals surface area (Å²) >= 11 is 0. The summed E-state index contributed by atoms with van der Waals surface area (Å²) in [4.78, 5) is 35.3. The van der Waals surface area contributed by atoms with E-state index in [2.05, 4.69) is 0 Å². The Kier molecular flexibility index (Phi) is 6.97. The minimum Gasteiger partial charge on any atom is -0.497 e. The number of rotatable bonds is 8. The van der Waals surface area contributed by atoms with Gasteiger partial charge in [-0.3, -0.25) is 14.9 Å². The van der Waals surface area contributed by atoms with E-state index in [1.807, 2.05) is 0 Å². The molecule has 0 aliphatic carbocycles. The van der Waals surface area contributed by atoms with E-state index in [0.717, 1.165) is 0 Å². The highest BCUT2D eigenvalue weighted by Gasteiger charge is 2.14. The molecule has 8 heteroatoms. The molecule has 3 aromatic rings. The Morgan fingerprint density at radius 2 is 1.62 bits per heavy atom. The molecule has 0 aliphatic rings. The van der Waals surface area contributed by atoms with E-state index in [0.29, 0.717) is 22.6 Å². The molecule has 0 spiro atoms. The zero-order valence-electron chi connectivity index (χ0n) is 17.3. The Labute approximate surface area is 183 Å². The first kappa shape index (κ1) is 22.2. The van der Waals surface area contributed by atoms with E-state index >= 15 is 0 Å². The van der Waals surface area contributed by atoms with Crippen LogP contribution in [0.25, 0.3) is 6.08 Å². The summed E-state index contributed by atoms with van der Waals surface area (Å²) < 4.78 is 15.8. The molecule has 0 amide bonds. The molecule has 0 fully saturated rings. The van der Waals surface area contributed by atoms with Crippen molar-refractivity contribution in [3.05, 3.63) is 99.6 Å². The van der Waals surface area contributed by atoms with Crippen LogP contribution in [0.15, 0.2) is 72.8 Å². The molecule has 32 heavy (non-hydrogen) atoms. The number of ketones is 1. The summed E-state index contributed by atoms with van der Waals surface area (Å²) in [6.45, 7) is 0. The molecule has 0 bridgehead atoms. The number of hydrogen-bond donors (Lipinski definition) is 0. The van der Waals surface area contributed by atoms with Crippen LogP contribution in [0.2, 0.25) is 0 Å². The molecule has 0 atom stereocenters. The highest BCUT2D eigenvalue weighted by atomic mass is 16.6. The van der Waals surface area contributed by atoms with Crippen LogP contribution in [0, 0.1) is 10.1 Å². The van der Waals surface area contributed by atoms with Crippen molar-refractivity contribution in [2.75, 3.05) is 14.2 Å². The van der Waals surface area contributed by atoms with Crippen LogP contribution in [0.5, 0.6) is 17.2 Å². The van der Waals surface area contributed by atoms with Crippen LogP contribution >= 0.6 is 0 Å². The van der Waals surface area contributed by atoms with Gasteiger partial charge < -0.3 is 14.2 Å². The number of nitro groups is 1. The number of para-hydroxylation sites is 1. The van der Waals surface area contributed by atoms with Crippen molar-refractivity contribution >= 4 is 23.5 Å². The van der Waals surface area contributed by atoms with Crippen LogP contribution in [0.4, 0.5) is 5.69 Å².